The van der Waals surface area contributed by atoms with Crippen LogP contribution in [0.25, 0.3) is 0 Å². The van der Waals surface area contributed by atoms with E-state index >= 15 is 0 Å². The average molecular weight is 275 g/mol. The molecule has 0 saturated carbocycles. The number of rotatable bonds is 3. The minimum atomic E-state index is -2.86. The van der Waals surface area contributed by atoms with Gasteiger partial charge in [-0.25, -0.2) is 8.42 Å². The van der Waals surface area contributed by atoms with Crippen LogP contribution < -0.4 is 0 Å². The number of aryl methyl sites for hydroxylation is 1. The van der Waals surface area contributed by atoms with Crippen LogP contribution in [-0.2, 0) is 16.4 Å². The van der Waals surface area contributed by atoms with Crippen molar-refractivity contribution < 1.29 is 8.42 Å². The molecule has 1 aliphatic rings. The average Bonchev–Trinajstić information content (AvgIpc) is 2.72. The van der Waals surface area contributed by atoms with Crippen molar-refractivity contribution in [2.75, 3.05) is 18.6 Å². The third-order valence-electron chi connectivity index (χ3n) is 3.34. The van der Waals surface area contributed by atoms with Gasteiger partial charge in [-0.15, -0.1) is 21.5 Å². The molecule has 1 aromatic rings. The van der Waals surface area contributed by atoms with Gasteiger partial charge in [-0.05, 0) is 27.3 Å². The molecule has 0 N–H and O–H groups in total. The summed E-state index contributed by atoms with van der Waals surface area (Å²) in [5.74, 6) is 0.539. The number of sulfone groups is 1. The highest BCUT2D eigenvalue weighted by molar-refractivity contribution is 7.91. The third-order valence-corrected chi connectivity index (χ3v) is 6.06. The Morgan fingerprint density at radius 3 is 2.65 bits per heavy atom. The Kier molecular flexibility index (Phi) is 3.26. The summed E-state index contributed by atoms with van der Waals surface area (Å²) < 4.78 is 23.1. The van der Waals surface area contributed by atoms with E-state index in [-0.39, 0.29) is 11.3 Å². The summed E-state index contributed by atoms with van der Waals surface area (Å²) in [4.78, 5) is 2.08. The Morgan fingerprint density at radius 2 is 2.18 bits per heavy atom. The Balaban J connectivity index is 2.08. The van der Waals surface area contributed by atoms with Crippen molar-refractivity contribution in [1.29, 1.82) is 0 Å². The molecule has 1 fully saturated rings. The minimum Gasteiger partial charge on any atom is -0.293 e. The zero-order chi connectivity index (χ0) is 12.7. The Bertz CT molecular complexity index is 511. The molecule has 0 aromatic carbocycles. The standard InChI is InChI=1S/C10H17N3O2S2/c1-8-11-12-9(16-8)6-13(3)10(2)4-5-17(14,15)7-10/h4-7H2,1-3H3. The second kappa shape index (κ2) is 4.29. The minimum absolute atomic E-state index is 0.244. The monoisotopic (exact) mass is 275 g/mol. The van der Waals surface area contributed by atoms with Gasteiger partial charge in [-0.3, -0.25) is 4.90 Å². The van der Waals surface area contributed by atoms with Gasteiger partial charge in [-0.1, -0.05) is 0 Å². The van der Waals surface area contributed by atoms with Crippen LogP contribution in [0, 0.1) is 6.92 Å². The molecule has 0 amide bonds. The van der Waals surface area contributed by atoms with Crippen molar-refractivity contribution in [3.63, 3.8) is 0 Å². The molecule has 5 nitrogen and oxygen atoms in total. The predicted octanol–water partition coefficient (Wildman–Crippen LogP) is 0.856. The second-order valence-electron chi connectivity index (χ2n) is 4.91. The molecule has 17 heavy (non-hydrogen) atoms. The molecule has 2 rings (SSSR count). The van der Waals surface area contributed by atoms with E-state index in [2.05, 4.69) is 15.1 Å². The smallest absolute Gasteiger partial charge is 0.152 e. The van der Waals surface area contributed by atoms with Crippen molar-refractivity contribution in [3.05, 3.63) is 10.0 Å². The lowest BCUT2D eigenvalue weighted by molar-refractivity contribution is 0.154. The molecular weight excluding hydrogens is 258 g/mol. The summed E-state index contributed by atoms with van der Waals surface area (Å²) in [7, 11) is -0.904. The molecule has 1 atom stereocenters. The van der Waals surface area contributed by atoms with Crippen LogP contribution in [0.15, 0.2) is 0 Å². The van der Waals surface area contributed by atoms with Crippen molar-refractivity contribution >= 4 is 21.2 Å². The molecule has 0 bridgehead atoms. The molecule has 0 spiro atoms. The summed E-state index contributed by atoms with van der Waals surface area (Å²) in [6, 6.07) is 0. The van der Waals surface area contributed by atoms with Crippen molar-refractivity contribution in [3.8, 4) is 0 Å². The van der Waals surface area contributed by atoms with Crippen LogP contribution in [0.5, 0.6) is 0 Å². The van der Waals surface area contributed by atoms with E-state index in [0.717, 1.165) is 10.0 Å². The maximum Gasteiger partial charge on any atom is 0.152 e. The van der Waals surface area contributed by atoms with Gasteiger partial charge in [-0.2, -0.15) is 0 Å². The van der Waals surface area contributed by atoms with Gasteiger partial charge >= 0.3 is 0 Å². The summed E-state index contributed by atoms with van der Waals surface area (Å²) in [5.41, 5.74) is -0.265. The fourth-order valence-electron chi connectivity index (χ4n) is 2.09. The molecule has 0 aliphatic carbocycles. The van der Waals surface area contributed by atoms with E-state index in [1.54, 1.807) is 11.3 Å². The highest BCUT2D eigenvalue weighted by atomic mass is 32.2. The molecule has 1 aliphatic heterocycles. The molecule has 2 heterocycles. The molecule has 7 heteroatoms. The molecule has 1 aromatic heterocycles. The van der Waals surface area contributed by atoms with Crippen molar-refractivity contribution in [1.82, 2.24) is 15.1 Å². The van der Waals surface area contributed by atoms with E-state index in [0.29, 0.717) is 18.7 Å². The summed E-state index contributed by atoms with van der Waals surface area (Å²) in [5, 5.41) is 9.93. The highest BCUT2D eigenvalue weighted by Gasteiger charge is 2.41. The summed E-state index contributed by atoms with van der Waals surface area (Å²) in [6.45, 7) is 4.59. The van der Waals surface area contributed by atoms with Gasteiger partial charge in [0.25, 0.3) is 0 Å². The van der Waals surface area contributed by atoms with Gasteiger partial charge in [0.1, 0.15) is 10.0 Å². The topological polar surface area (TPSA) is 63.2 Å². The number of nitrogens with zero attached hydrogens (tertiary/aromatic N) is 3. The van der Waals surface area contributed by atoms with E-state index in [4.69, 9.17) is 0 Å². The number of hydrogen-bond acceptors (Lipinski definition) is 6. The maximum atomic E-state index is 11.6. The molecule has 96 valence electrons. The first-order valence-electron chi connectivity index (χ1n) is 5.51. The Labute approximate surface area is 106 Å². The molecule has 1 saturated heterocycles. The first-order valence-corrected chi connectivity index (χ1v) is 8.15. The summed E-state index contributed by atoms with van der Waals surface area (Å²) >= 11 is 1.56. The number of hydrogen-bond donors (Lipinski definition) is 0. The van der Waals surface area contributed by atoms with Crippen LogP contribution in [0.1, 0.15) is 23.4 Å². The zero-order valence-corrected chi connectivity index (χ0v) is 11.9. The zero-order valence-electron chi connectivity index (χ0n) is 10.3. The van der Waals surface area contributed by atoms with Gasteiger partial charge in [0.05, 0.1) is 18.1 Å². The lowest BCUT2D eigenvalue weighted by atomic mass is 10.0. The fraction of sp³-hybridized carbons (Fsp3) is 0.800. The second-order valence-corrected chi connectivity index (χ2v) is 8.36. The Hall–Kier alpha value is -0.530. The van der Waals surface area contributed by atoms with Crippen LogP contribution in [0.3, 0.4) is 0 Å². The largest absolute Gasteiger partial charge is 0.293 e. The molecule has 0 radical (unpaired) electrons. The van der Waals surface area contributed by atoms with Gasteiger partial charge < -0.3 is 0 Å². The van der Waals surface area contributed by atoms with Crippen LogP contribution in [0.4, 0.5) is 0 Å². The number of aromatic nitrogens is 2. The SMILES string of the molecule is Cc1nnc(CN(C)C2(C)CCS(=O)(=O)C2)s1. The molecule has 1 unspecified atom stereocenters. The maximum absolute atomic E-state index is 11.6. The fourth-order valence-corrected chi connectivity index (χ4v) is 5.06. The van der Waals surface area contributed by atoms with Crippen molar-refractivity contribution in [2.45, 2.75) is 32.4 Å². The van der Waals surface area contributed by atoms with Crippen LogP contribution in [-0.4, -0.2) is 47.6 Å². The van der Waals surface area contributed by atoms with E-state index in [1.165, 1.54) is 0 Å². The van der Waals surface area contributed by atoms with Crippen LogP contribution >= 0.6 is 11.3 Å². The Morgan fingerprint density at radius 1 is 1.47 bits per heavy atom. The lowest BCUT2D eigenvalue weighted by Gasteiger charge is -2.33. The van der Waals surface area contributed by atoms with Crippen molar-refractivity contribution in [2.24, 2.45) is 0 Å². The predicted molar refractivity (Wildman–Crippen MR) is 67.8 cm³/mol. The van der Waals surface area contributed by atoms with Gasteiger partial charge in [0.2, 0.25) is 0 Å². The lowest BCUT2D eigenvalue weighted by Crippen LogP contribution is -2.44. The van der Waals surface area contributed by atoms with E-state index < -0.39 is 9.84 Å². The molecular formula is C10H17N3O2S2. The van der Waals surface area contributed by atoms with Crippen LogP contribution in [0.2, 0.25) is 0 Å². The highest BCUT2D eigenvalue weighted by Crippen LogP contribution is 2.29. The van der Waals surface area contributed by atoms with E-state index in [9.17, 15) is 8.42 Å². The quantitative estimate of drug-likeness (QED) is 0.818. The first kappa shape index (κ1) is 12.9. The normalized spacial score (nSPS) is 27.8. The van der Waals surface area contributed by atoms with Gasteiger partial charge in [0.15, 0.2) is 9.84 Å². The third kappa shape index (κ3) is 2.83. The van der Waals surface area contributed by atoms with E-state index in [1.807, 2.05) is 20.9 Å². The van der Waals surface area contributed by atoms with Gasteiger partial charge in [0, 0.05) is 5.54 Å². The summed E-state index contributed by atoms with van der Waals surface area (Å²) in [6.07, 6.45) is 0.698. The first-order chi connectivity index (χ1) is 7.81.